The molecule has 1 aliphatic rings. The molecule has 0 aromatic carbocycles. The summed E-state index contributed by atoms with van der Waals surface area (Å²) in [5.74, 6) is 0. The van der Waals surface area contributed by atoms with Crippen LogP contribution in [0, 0.1) is 5.41 Å². The number of nitrogens with two attached hydrogens (primary N) is 1. The van der Waals surface area contributed by atoms with Gasteiger partial charge in [-0.05, 0) is 19.3 Å². The van der Waals surface area contributed by atoms with Crippen molar-refractivity contribution in [2.45, 2.75) is 37.8 Å². The molecule has 0 saturated heterocycles. The summed E-state index contributed by atoms with van der Waals surface area (Å²) in [5, 5.41) is 9.82. The van der Waals surface area contributed by atoms with Crippen molar-refractivity contribution in [1.29, 1.82) is 0 Å². The summed E-state index contributed by atoms with van der Waals surface area (Å²) in [6, 6.07) is -0.362. The van der Waals surface area contributed by atoms with E-state index in [1.54, 1.807) is 0 Å². The molecule has 4 heteroatoms. The fourth-order valence-corrected chi connectivity index (χ4v) is 2.11. The lowest BCUT2D eigenvalue weighted by atomic mass is 9.57. The predicted molar refractivity (Wildman–Crippen MR) is 46.8 cm³/mol. The minimum atomic E-state index is -1.03. The van der Waals surface area contributed by atoms with E-state index in [1.165, 1.54) is 0 Å². The molecule has 0 aromatic heterocycles. The molecule has 1 fully saturated rings. The Bertz CT molecular complexity index is 174. The Kier molecular flexibility index (Phi) is 2.92. The van der Waals surface area contributed by atoms with Gasteiger partial charge >= 0.3 is 0 Å². The van der Waals surface area contributed by atoms with Gasteiger partial charge in [-0.3, -0.25) is 8.78 Å². The first-order valence-corrected chi connectivity index (χ1v) is 4.62. The van der Waals surface area contributed by atoms with Crippen LogP contribution in [0.2, 0.25) is 0 Å². The van der Waals surface area contributed by atoms with Crippen LogP contribution < -0.4 is 5.73 Å². The Morgan fingerprint density at radius 2 is 1.85 bits per heavy atom. The molecule has 3 N–H and O–H groups in total. The van der Waals surface area contributed by atoms with Crippen molar-refractivity contribution in [2.24, 2.45) is 11.1 Å². The highest BCUT2D eigenvalue weighted by molar-refractivity contribution is 5.08. The zero-order chi connectivity index (χ0) is 10.1. The van der Waals surface area contributed by atoms with Gasteiger partial charge in [0.1, 0.15) is 0 Å². The second-order valence-corrected chi connectivity index (χ2v) is 4.24. The molecule has 1 aliphatic carbocycles. The molecule has 0 amide bonds. The van der Waals surface area contributed by atoms with Crippen molar-refractivity contribution in [2.75, 3.05) is 13.3 Å². The van der Waals surface area contributed by atoms with Gasteiger partial charge in [0.05, 0.1) is 19.0 Å². The average Bonchev–Trinajstić information content (AvgIpc) is 2.11. The molecule has 1 saturated carbocycles. The van der Waals surface area contributed by atoms with Gasteiger partial charge in [-0.15, -0.1) is 0 Å². The zero-order valence-corrected chi connectivity index (χ0v) is 7.89. The summed E-state index contributed by atoms with van der Waals surface area (Å²) in [6.07, 6.45) is 0.940. The van der Waals surface area contributed by atoms with Gasteiger partial charge in [0.2, 0.25) is 0 Å². The second kappa shape index (κ2) is 3.50. The minimum absolute atomic E-state index is 0.155. The Labute approximate surface area is 77.1 Å². The molecule has 2 nitrogen and oxygen atoms in total. The molecule has 1 unspecified atom stereocenters. The number of hydrogen-bond donors (Lipinski definition) is 2. The Balaban J connectivity index is 2.54. The lowest BCUT2D eigenvalue weighted by molar-refractivity contribution is -0.157. The van der Waals surface area contributed by atoms with Crippen LogP contribution in [-0.4, -0.2) is 30.1 Å². The Hall–Kier alpha value is -0.220. The average molecular weight is 193 g/mol. The molecule has 1 atom stereocenters. The highest BCUT2D eigenvalue weighted by atomic mass is 19.1. The van der Waals surface area contributed by atoms with Crippen molar-refractivity contribution in [3.63, 3.8) is 0 Å². The highest BCUT2D eigenvalue weighted by Gasteiger charge is 2.56. The monoisotopic (exact) mass is 193 g/mol. The largest absolute Gasteiger partial charge is 0.388 e. The van der Waals surface area contributed by atoms with Crippen LogP contribution in [0.15, 0.2) is 0 Å². The van der Waals surface area contributed by atoms with Crippen LogP contribution in [0.5, 0.6) is 0 Å². The van der Waals surface area contributed by atoms with E-state index in [4.69, 9.17) is 5.73 Å². The lowest BCUT2D eigenvalue weighted by Gasteiger charge is -2.53. The number of alkyl halides is 2. The SMILES string of the molecule is CCC(N)C1(O)CC(CF)(CF)C1. The van der Waals surface area contributed by atoms with E-state index >= 15 is 0 Å². The summed E-state index contributed by atoms with van der Waals surface area (Å²) in [6.45, 7) is 0.442. The fourth-order valence-electron chi connectivity index (χ4n) is 2.11. The van der Waals surface area contributed by atoms with E-state index in [2.05, 4.69) is 0 Å². The van der Waals surface area contributed by atoms with E-state index in [9.17, 15) is 13.9 Å². The van der Waals surface area contributed by atoms with Gasteiger partial charge in [-0.2, -0.15) is 0 Å². The van der Waals surface area contributed by atoms with E-state index in [0.717, 1.165) is 0 Å². The van der Waals surface area contributed by atoms with Crippen LogP contribution in [0.1, 0.15) is 26.2 Å². The van der Waals surface area contributed by atoms with Gasteiger partial charge in [0.15, 0.2) is 0 Å². The molecular formula is C9H17F2NO. The third kappa shape index (κ3) is 1.70. The summed E-state index contributed by atoms with van der Waals surface area (Å²) in [7, 11) is 0. The molecule has 0 aliphatic heterocycles. The van der Waals surface area contributed by atoms with Crippen LogP contribution in [-0.2, 0) is 0 Å². The van der Waals surface area contributed by atoms with Crippen molar-refractivity contribution in [3.8, 4) is 0 Å². The molecule has 1 rings (SSSR count). The first-order chi connectivity index (χ1) is 6.02. The third-order valence-corrected chi connectivity index (χ3v) is 3.06. The maximum absolute atomic E-state index is 12.4. The number of aliphatic hydroxyl groups is 1. The summed E-state index contributed by atoms with van der Waals surface area (Å²) >= 11 is 0. The van der Waals surface area contributed by atoms with Crippen LogP contribution in [0.25, 0.3) is 0 Å². The van der Waals surface area contributed by atoms with E-state index in [0.29, 0.717) is 6.42 Å². The molecule has 0 heterocycles. The number of hydrogen-bond acceptors (Lipinski definition) is 2. The zero-order valence-electron chi connectivity index (χ0n) is 7.89. The topological polar surface area (TPSA) is 46.2 Å². The maximum Gasteiger partial charge on any atom is 0.0977 e. The van der Waals surface area contributed by atoms with Gasteiger partial charge < -0.3 is 10.8 Å². The van der Waals surface area contributed by atoms with Crippen molar-refractivity contribution >= 4 is 0 Å². The first-order valence-electron chi connectivity index (χ1n) is 4.62. The predicted octanol–water partition coefficient (Wildman–Crippen LogP) is 1.17. The number of rotatable bonds is 4. The first kappa shape index (κ1) is 10.9. The van der Waals surface area contributed by atoms with Gasteiger partial charge in [0, 0.05) is 11.5 Å². The summed E-state index contributed by atoms with van der Waals surface area (Å²) < 4.78 is 24.8. The van der Waals surface area contributed by atoms with E-state index < -0.39 is 24.4 Å². The normalized spacial score (nSPS) is 26.5. The van der Waals surface area contributed by atoms with Crippen LogP contribution >= 0.6 is 0 Å². The third-order valence-electron chi connectivity index (χ3n) is 3.06. The van der Waals surface area contributed by atoms with Gasteiger partial charge in [-0.25, -0.2) is 0 Å². The summed E-state index contributed by atoms with van der Waals surface area (Å²) in [4.78, 5) is 0. The molecule has 78 valence electrons. The summed E-state index contributed by atoms with van der Waals surface area (Å²) in [5.41, 5.74) is 3.67. The molecule has 0 spiro atoms. The Morgan fingerprint density at radius 3 is 2.15 bits per heavy atom. The second-order valence-electron chi connectivity index (χ2n) is 4.24. The molecule has 0 aromatic rings. The fraction of sp³-hybridized carbons (Fsp3) is 1.00. The quantitative estimate of drug-likeness (QED) is 0.704. The molecule has 0 bridgehead atoms. The molecule has 13 heavy (non-hydrogen) atoms. The highest BCUT2D eigenvalue weighted by Crippen LogP contribution is 2.50. The van der Waals surface area contributed by atoms with E-state index in [1.807, 2.05) is 6.92 Å². The Morgan fingerprint density at radius 1 is 1.38 bits per heavy atom. The molecule has 0 radical (unpaired) electrons. The standard InChI is InChI=1S/C9H17F2NO/c1-2-7(12)9(13)3-8(4-9,5-10)6-11/h7,13H,2-6,12H2,1H3. The van der Waals surface area contributed by atoms with Crippen LogP contribution in [0.4, 0.5) is 8.78 Å². The minimum Gasteiger partial charge on any atom is -0.388 e. The van der Waals surface area contributed by atoms with Gasteiger partial charge in [-0.1, -0.05) is 6.92 Å². The number of halogens is 2. The van der Waals surface area contributed by atoms with Crippen molar-refractivity contribution in [1.82, 2.24) is 0 Å². The van der Waals surface area contributed by atoms with E-state index in [-0.39, 0.29) is 18.9 Å². The maximum atomic E-state index is 12.4. The van der Waals surface area contributed by atoms with Crippen molar-refractivity contribution in [3.05, 3.63) is 0 Å². The smallest absolute Gasteiger partial charge is 0.0977 e. The van der Waals surface area contributed by atoms with Crippen molar-refractivity contribution < 1.29 is 13.9 Å². The van der Waals surface area contributed by atoms with Gasteiger partial charge in [0.25, 0.3) is 0 Å². The lowest BCUT2D eigenvalue weighted by Crippen LogP contribution is -2.62. The van der Waals surface area contributed by atoms with Crippen LogP contribution in [0.3, 0.4) is 0 Å². The molecular weight excluding hydrogens is 176 g/mol.